The highest BCUT2D eigenvalue weighted by atomic mass is 16.2. The number of nitrogens with zero attached hydrogens (tertiary/aromatic N) is 2. The van der Waals surface area contributed by atoms with Gasteiger partial charge in [0.15, 0.2) is 0 Å². The van der Waals surface area contributed by atoms with Crippen LogP contribution in [-0.4, -0.2) is 27.5 Å². The van der Waals surface area contributed by atoms with Crippen LogP contribution in [0.15, 0.2) is 12.3 Å². The molecule has 1 saturated heterocycles. The van der Waals surface area contributed by atoms with E-state index in [0.717, 1.165) is 25.1 Å². The zero-order chi connectivity index (χ0) is 12.5. The smallest absolute Gasteiger partial charge is 0.223 e. The molecule has 0 radical (unpaired) electrons. The van der Waals surface area contributed by atoms with Gasteiger partial charge in [-0.25, -0.2) is 0 Å². The Morgan fingerprint density at radius 2 is 2.35 bits per heavy atom. The van der Waals surface area contributed by atoms with Crippen LogP contribution in [0, 0.1) is 5.41 Å². The van der Waals surface area contributed by atoms with Gasteiger partial charge in [0.1, 0.15) is 0 Å². The van der Waals surface area contributed by atoms with Crippen LogP contribution in [0.25, 0.3) is 0 Å². The highest BCUT2D eigenvalue weighted by molar-refractivity contribution is 5.77. The predicted octanol–water partition coefficient (Wildman–Crippen LogP) is 2.51. The van der Waals surface area contributed by atoms with Crippen molar-refractivity contribution in [1.82, 2.24) is 15.1 Å². The van der Waals surface area contributed by atoms with Gasteiger partial charge in [0.2, 0.25) is 5.91 Å². The average molecular weight is 235 g/mol. The third kappa shape index (κ3) is 2.87. The highest BCUT2D eigenvalue weighted by Crippen LogP contribution is 2.32. The van der Waals surface area contributed by atoms with E-state index in [1.807, 2.05) is 11.0 Å². The first-order chi connectivity index (χ1) is 7.97. The van der Waals surface area contributed by atoms with E-state index in [-0.39, 0.29) is 17.4 Å². The summed E-state index contributed by atoms with van der Waals surface area (Å²) in [4.78, 5) is 14.3. The van der Waals surface area contributed by atoms with E-state index in [2.05, 4.69) is 31.0 Å². The molecule has 1 N–H and O–H groups in total. The van der Waals surface area contributed by atoms with Crippen LogP contribution in [0.4, 0.5) is 0 Å². The van der Waals surface area contributed by atoms with E-state index < -0.39 is 0 Å². The van der Waals surface area contributed by atoms with E-state index in [4.69, 9.17) is 0 Å². The number of likely N-dealkylation sites (tertiary alicyclic amines) is 1. The van der Waals surface area contributed by atoms with Gasteiger partial charge in [0.25, 0.3) is 0 Å². The van der Waals surface area contributed by atoms with Gasteiger partial charge in [0, 0.05) is 19.2 Å². The molecule has 17 heavy (non-hydrogen) atoms. The Morgan fingerprint density at radius 3 is 2.94 bits per heavy atom. The van der Waals surface area contributed by atoms with Crippen molar-refractivity contribution < 1.29 is 4.79 Å². The van der Waals surface area contributed by atoms with Crippen molar-refractivity contribution in [1.29, 1.82) is 0 Å². The fraction of sp³-hybridized carbons (Fsp3) is 0.692. The van der Waals surface area contributed by atoms with Crippen LogP contribution < -0.4 is 0 Å². The van der Waals surface area contributed by atoms with Crippen LogP contribution >= 0.6 is 0 Å². The van der Waals surface area contributed by atoms with Gasteiger partial charge in [-0.2, -0.15) is 5.10 Å². The second-order valence-corrected chi connectivity index (χ2v) is 5.99. The lowest BCUT2D eigenvalue weighted by Gasteiger charge is -2.27. The van der Waals surface area contributed by atoms with E-state index in [0.29, 0.717) is 6.42 Å². The van der Waals surface area contributed by atoms with Crippen LogP contribution in [0.3, 0.4) is 0 Å². The normalized spacial score (nSPS) is 20.9. The maximum atomic E-state index is 12.3. The zero-order valence-corrected chi connectivity index (χ0v) is 10.9. The zero-order valence-electron chi connectivity index (χ0n) is 10.9. The summed E-state index contributed by atoms with van der Waals surface area (Å²) in [5, 5.41) is 6.96. The van der Waals surface area contributed by atoms with Gasteiger partial charge in [-0.15, -0.1) is 0 Å². The second kappa shape index (κ2) is 4.51. The highest BCUT2D eigenvalue weighted by Gasteiger charge is 2.32. The summed E-state index contributed by atoms with van der Waals surface area (Å²) in [5.41, 5.74) is 1.11. The number of hydrogen-bond acceptors (Lipinski definition) is 2. The first-order valence-electron chi connectivity index (χ1n) is 6.26. The fourth-order valence-corrected chi connectivity index (χ4v) is 2.40. The standard InChI is InChI=1S/C13H21N3O/c1-13(2,3)9-12(17)16-8-4-5-11(16)10-6-7-14-15-10/h6-7,11H,4-5,8-9H2,1-3H3,(H,14,15). The number of hydrogen-bond donors (Lipinski definition) is 1. The minimum Gasteiger partial charge on any atom is -0.334 e. The van der Waals surface area contributed by atoms with Crippen molar-refractivity contribution in [2.24, 2.45) is 5.41 Å². The topological polar surface area (TPSA) is 49.0 Å². The Balaban J connectivity index is 2.07. The Bertz CT molecular complexity index is 378. The minimum absolute atomic E-state index is 0.0538. The lowest BCUT2D eigenvalue weighted by atomic mass is 9.91. The Labute approximate surface area is 102 Å². The third-order valence-electron chi connectivity index (χ3n) is 3.14. The van der Waals surface area contributed by atoms with E-state index in [9.17, 15) is 4.79 Å². The lowest BCUT2D eigenvalue weighted by molar-refractivity contribution is -0.134. The Hall–Kier alpha value is -1.32. The molecule has 0 saturated carbocycles. The molecule has 0 aliphatic carbocycles. The molecule has 94 valence electrons. The average Bonchev–Trinajstić information content (AvgIpc) is 2.85. The number of H-pyrrole nitrogens is 1. The van der Waals surface area contributed by atoms with Crippen molar-refractivity contribution >= 4 is 5.91 Å². The van der Waals surface area contributed by atoms with Crippen LogP contribution in [-0.2, 0) is 4.79 Å². The second-order valence-electron chi connectivity index (χ2n) is 5.99. The van der Waals surface area contributed by atoms with Crippen molar-refractivity contribution in [3.05, 3.63) is 18.0 Å². The van der Waals surface area contributed by atoms with Crippen molar-refractivity contribution in [3.63, 3.8) is 0 Å². The number of carbonyl (C=O) groups excluding carboxylic acids is 1. The molecule has 0 aromatic carbocycles. The predicted molar refractivity (Wildman–Crippen MR) is 66.3 cm³/mol. The molecule has 1 aliphatic rings. The minimum atomic E-state index is 0.0538. The summed E-state index contributed by atoms with van der Waals surface area (Å²) in [6.07, 6.45) is 4.48. The Kier molecular flexibility index (Phi) is 3.22. The number of rotatable bonds is 2. The molecule has 1 unspecified atom stereocenters. The maximum absolute atomic E-state index is 12.3. The van der Waals surface area contributed by atoms with Gasteiger partial charge in [-0.05, 0) is 24.3 Å². The Morgan fingerprint density at radius 1 is 1.59 bits per heavy atom. The van der Waals surface area contributed by atoms with Gasteiger partial charge >= 0.3 is 0 Å². The molecule has 4 nitrogen and oxygen atoms in total. The van der Waals surface area contributed by atoms with Crippen LogP contribution in [0.1, 0.15) is 51.8 Å². The molecule has 1 aromatic rings. The number of amides is 1. The fourth-order valence-electron chi connectivity index (χ4n) is 2.40. The molecular formula is C13H21N3O. The summed E-state index contributed by atoms with van der Waals surface area (Å²) < 4.78 is 0. The number of nitrogens with one attached hydrogen (secondary N) is 1. The molecule has 1 aromatic heterocycles. The molecule has 1 fully saturated rings. The SMILES string of the molecule is CC(C)(C)CC(=O)N1CCCC1c1ccn[nH]1. The molecule has 1 atom stereocenters. The van der Waals surface area contributed by atoms with Crippen LogP contribution in [0.5, 0.6) is 0 Å². The molecule has 0 bridgehead atoms. The van der Waals surface area contributed by atoms with Crippen molar-refractivity contribution in [3.8, 4) is 0 Å². The first kappa shape index (κ1) is 12.1. The molecular weight excluding hydrogens is 214 g/mol. The van der Waals surface area contributed by atoms with Crippen molar-refractivity contribution in [2.75, 3.05) is 6.54 Å². The number of aromatic nitrogens is 2. The molecule has 1 aliphatic heterocycles. The molecule has 2 rings (SSSR count). The van der Waals surface area contributed by atoms with Gasteiger partial charge in [0.05, 0.1) is 11.7 Å². The molecule has 2 heterocycles. The van der Waals surface area contributed by atoms with E-state index in [1.54, 1.807) is 6.20 Å². The monoisotopic (exact) mass is 235 g/mol. The number of carbonyl (C=O) groups is 1. The summed E-state index contributed by atoms with van der Waals surface area (Å²) in [7, 11) is 0. The summed E-state index contributed by atoms with van der Waals surface area (Å²) >= 11 is 0. The van der Waals surface area contributed by atoms with Crippen molar-refractivity contribution in [2.45, 2.75) is 46.1 Å². The quantitative estimate of drug-likeness (QED) is 0.856. The summed E-state index contributed by atoms with van der Waals surface area (Å²) in [6, 6.07) is 2.17. The van der Waals surface area contributed by atoms with E-state index in [1.165, 1.54) is 0 Å². The first-order valence-corrected chi connectivity index (χ1v) is 6.26. The summed E-state index contributed by atoms with van der Waals surface area (Å²) in [6.45, 7) is 7.18. The molecule has 1 amide bonds. The van der Waals surface area contributed by atoms with Gasteiger partial charge in [-0.3, -0.25) is 9.89 Å². The van der Waals surface area contributed by atoms with Gasteiger partial charge in [-0.1, -0.05) is 20.8 Å². The maximum Gasteiger partial charge on any atom is 0.223 e. The van der Waals surface area contributed by atoms with Crippen LogP contribution in [0.2, 0.25) is 0 Å². The molecule has 4 heteroatoms. The summed E-state index contributed by atoms with van der Waals surface area (Å²) in [5.74, 6) is 0.259. The largest absolute Gasteiger partial charge is 0.334 e. The number of aromatic amines is 1. The third-order valence-corrected chi connectivity index (χ3v) is 3.14. The lowest BCUT2D eigenvalue weighted by Crippen LogP contribution is -2.33. The molecule has 0 spiro atoms. The van der Waals surface area contributed by atoms with E-state index >= 15 is 0 Å². The van der Waals surface area contributed by atoms with Gasteiger partial charge < -0.3 is 4.90 Å².